The van der Waals surface area contributed by atoms with Crippen LogP contribution in [0.2, 0.25) is 0 Å². The minimum atomic E-state index is 0.0637. The van der Waals surface area contributed by atoms with Gasteiger partial charge in [-0.05, 0) is 81.3 Å². The zero-order valence-electron chi connectivity index (χ0n) is 19.9. The van der Waals surface area contributed by atoms with Gasteiger partial charge in [-0.25, -0.2) is 0 Å². The Morgan fingerprint density at radius 1 is 1.03 bits per heavy atom. The molecule has 1 unspecified atom stereocenters. The normalized spacial score (nSPS) is 18.3. The third-order valence-electron chi connectivity index (χ3n) is 7.34. The van der Waals surface area contributed by atoms with Crippen LogP contribution in [0.3, 0.4) is 0 Å². The van der Waals surface area contributed by atoms with Crippen molar-refractivity contribution in [1.82, 2.24) is 14.8 Å². The van der Waals surface area contributed by atoms with Crippen LogP contribution in [0.1, 0.15) is 60.8 Å². The second-order valence-corrected chi connectivity index (χ2v) is 9.33. The summed E-state index contributed by atoms with van der Waals surface area (Å²) in [5.74, 6) is 1.74. The van der Waals surface area contributed by atoms with Gasteiger partial charge in [0.05, 0.1) is 0 Å². The molecule has 1 fully saturated rings. The van der Waals surface area contributed by atoms with Crippen molar-refractivity contribution in [2.24, 2.45) is 7.05 Å². The molecule has 1 saturated heterocycles. The monoisotopic (exact) mass is 443 g/mol. The number of hydrogen-bond acceptors (Lipinski definition) is 4. The third kappa shape index (κ3) is 4.03. The fourth-order valence-corrected chi connectivity index (χ4v) is 5.31. The number of rotatable bonds is 4. The van der Waals surface area contributed by atoms with E-state index in [0.717, 1.165) is 48.8 Å². The molecule has 2 aliphatic heterocycles. The summed E-state index contributed by atoms with van der Waals surface area (Å²) in [6, 6.07) is 15.1. The van der Waals surface area contributed by atoms with E-state index in [1.54, 1.807) is 0 Å². The summed E-state index contributed by atoms with van der Waals surface area (Å²) in [4.78, 5) is 18.0. The number of hydrogen-bond donors (Lipinski definition) is 0. The highest BCUT2D eigenvalue weighted by atomic mass is 16.2. The van der Waals surface area contributed by atoms with Gasteiger partial charge >= 0.3 is 0 Å². The van der Waals surface area contributed by atoms with Crippen molar-refractivity contribution in [2.45, 2.75) is 58.4 Å². The van der Waals surface area contributed by atoms with Gasteiger partial charge in [0.1, 0.15) is 5.82 Å². The summed E-state index contributed by atoms with van der Waals surface area (Å²) >= 11 is 0. The molecule has 6 heteroatoms. The lowest BCUT2D eigenvalue weighted by molar-refractivity contribution is 0.0985. The molecule has 2 aromatic carbocycles. The lowest BCUT2D eigenvalue weighted by atomic mass is 9.96. The number of benzene rings is 2. The number of aromatic nitrogens is 3. The molecule has 2 aliphatic rings. The lowest BCUT2D eigenvalue weighted by Gasteiger charge is -2.38. The maximum atomic E-state index is 13.4. The zero-order valence-corrected chi connectivity index (χ0v) is 19.9. The van der Waals surface area contributed by atoms with Crippen LogP contribution < -0.4 is 9.80 Å². The molecule has 3 aromatic rings. The Morgan fingerprint density at radius 2 is 1.85 bits per heavy atom. The van der Waals surface area contributed by atoms with Gasteiger partial charge in [0.25, 0.3) is 5.91 Å². The molecule has 0 N–H and O–H groups in total. The van der Waals surface area contributed by atoms with E-state index in [1.807, 2.05) is 47.7 Å². The molecular weight excluding hydrogens is 410 g/mol. The second kappa shape index (κ2) is 9.00. The van der Waals surface area contributed by atoms with Gasteiger partial charge in [0.15, 0.2) is 5.82 Å². The van der Waals surface area contributed by atoms with E-state index < -0.39 is 0 Å². The van der Waals surface area contributed by atoms with Crippen LogP contribution >= 0.6 is 0 Å². The first-order valence-electron chi connectivity index (χ1n) is 12.2. The third-order valence-corrected chi connectivity index (χ3v) is 7.34. The van der Waals surface area contributed by atoms with Crippen LogP contribution in [0.15, 0.2) is 42.5 Å². The molecular formula is C27H33N5O. The van der Waals surface area contributed by atoms with Crippen LogP contribution in [0, 0.1) is 6.92 Å². The van der Waals surface area contributed by atoms with Gasteiger partial charge in [0.2, 0.25) is 0 Å². The summed E-state index contributed by atoms with van der Waals surface area (Å²) in [7, 11) is 1.95. The quantitative estimate of drug-likeness (QED) is 0.559. The van der Waals surface area contributed by atoms with Crippen LogP contribution in [0.25, 0.3) is 11.4 Å². The predicted molar refractivity (Wildman–Crippen MR) is 133 cm³/mol. The van der Waals surface area contributed by atoms with Gasteiger partial charge in [-0.15, -0.1) is 10.2 Å². The van der Waals surface area contributed by atoms with Crippen molar-refractivity contribution in [3.05, 3.63) is 59.4 Å². The van der Waals surface area contributed by atoms with E-state index in [1.165, 1.54) is 36.9 Å². The van der Waals surface area contributed by atoms with Crippen molar-refractivity contribution in [1.29, 1.82) is 0 Å². The maximum absolute atomic E-state index is 13.4. The van der Waals surface area contributed by atoms with Gasteiger partial charge in [-0.2, -0.15) is 0 Å². The molecule has 0 bridgehead atoms. The Balaban J connectivity index is 1.39. The molecule has 172 valence electrons. The average Bonchev–Trinajstić information content (AvgIpc) is 3.20. The van der Waals surface area contributed by atoms with Crippen LogP contribution in [0.4, 0.5) is 11.4 Å². The first-order valence-corrected chi connectivity index (χ1v) is 12.2. The van der Waals surface area contributed by atoms with Crippen molar-refractivity contribution in [3.8, 4) is 11.4 Å². The molecule has 3 heterocycles. The lowest BCUT2D eigenvalue weighted by Crippen LogP contribution is -2.39. The van der Waals surface area contributed by atoms with E-state index in [0.29, 0.717) is 11.6 Å². The van der Waals surface area contributed by atoms with E-state index in [-0.39, 0.29) is 5.91 Å². The zero-order chi connectivity index (χ0) is 22.9. The molecule has 1 amide bonds. The highest BCUT2D eigenvalue weighted by Crippen LogP contribution is 2.34. The van der Waals surface area contributed by atoms with E-state index in [9.17, 15) is 4.79 Å². The minimum absolute atomic E-state index is 0.0637. The largest absolute Gasteiger partial charge is 0.369 e. The SMILES string of the molecule is CCC1CCCCN1c1ccc2c(c1)CCCN2C(=O)c1ccc(-c2nnc(C)n2C)cc1. The van der Waals surface area contributed by atoms with Gasteiger partial charge in [0, 0.05) is 48.7 Å². The highest BCUT2D eigenvalue weighted by Gasteiger charge is 2.26. The minimum Gasteiger partial charge on any atom is -0.369 e. The fourth-order valence-electron chi connectivity index (χ4n) is 5.31. The Morgan fingerprint density at radius 3 is 2.58 bits per heavy atom. The topological polar surface area (TPSA) is 54.3 Å². The summed E-state index contributed by atoms with van der Waals surface area (Å²) in [6.45, 7) is 6.12. The van der Waals surface area contributed by atoms with Crippen molar-refractivity contribution in [2.75, 3.05) is 22.9 Å². The number of aryl methyl sites for hydroxylation is 2. The molecule has 33 heavy (non-hydrogen) atoms. The van der Waals surface area contributed by atoms with Gasteiger partial charge in [-0.3, -0.25) is 4.79 Å². The Kier molecular flexibility index (Phi) is 5.92. The maximum Gasteiger partial charge on any atom is 0.258 e. The molecule has 0 spiro atoms. The molecule has 0 radical (unpaired) electrons. The highest BCUT2D eigenvalue weighted by molar-refractivity contribution is 6.07. The molecule has 6 nitrogen and oxygen atoms in total. The number of fused-ring (bicyclic) bond motifs is 1. The average molecular weight is 444 g/mol. The van der Waals surface area contributed by atoms with Gasteiger partial charge in [-0.1, -0.05) is 19.1 Å². The summed E-state index contributed by atoms with van der Waals surface area (Å²) < 4.78 is 1.96. The first-order chi connectivity index (χ1) is 16.1. The molecule has 0 saturated carbocycles. The molecule has 1 atom stereocenters. The first kappa shape index (κ1) is 21.7. The fraction of sp³-hybridized carbons (Fsp3) is 0.444. The summed E-state index contributed by atoms with van der Waals surface area (Å²) in [5, 5.41) is 8.39. The van der Waals surface area contributed by atoms with E-state index in [2.05, 4.69) is 40.2 Å². The molecule has 0 aliphatic carbocycles. The smallest absolute Gasteiger partial charge is 0.258 e. The Bertz CT molecular complexity index is 1150. The summed E-state index contributed by atoms with van der Waals surface area (Å²) in [6.07, 6.45) is 7.09. The number of nitrogens with zero attached hydrogens (tertiary/aromatic N) is 5. The Labute approximate surface area is 196 Å². The number of piperidine rings is 1. The van der Waals surface area contributed by atoms with Crippen LogP contribution in [0.5, 0.6) is 0 Å². The van der Waals surface area contributed by atoms with Crippen molar-refractivity contribution >= 4 is 17.3 Å². The molecule has 1 aromatic heterocycles. The second-order valence-electron chi connectivity index (χ2n) is 9.33. The van der Waals surface area contributed by atoms with E-state index in [4.69, 9.17) is 0 Å². The predicted octanol–water partition coefficient (Wildman–Crippen LogP) is 5.15. The van der Waals surface area contributed by atoms with Crippen LogP contribution in [-0.4, -0.2) is 39.8 Å². The summed E-state index contributed by atoms with van der Waals surface area (Å²) in [5.41, 5.74) is 5.34. The van der Waals surface area contributed by atoms with Crippen molar-refractivity contribution < 1.29 is 4.79 Å². The van der Waals surface area contributed by atoms with Crippen LogP contribution in [-0.2, 0) is 13.5 Å². The molecule has 5 rings (SSSR count). The van der Waals surface area contributed by atoms with Gasteiger partial charge < -0.3 is 14.4 Å². The Hall–Kier alpha value is -3.15. The standard InChI is InChI=1S/C27H33N5O/c1-4-23-9-5-6-16-31(23)24-14-15-25-22(18-24)8-7-17-32(25)27(33)21-12-10-20(11-13-21)26-29-28-19(2)30(26)3/h10-15,18,23H,4-9,16-17H2,1-3H3. The van der Waals surface area contributed by atoms with E-state index >= 15 is 0 Å². The number of carbonyl (C=O) groups excluding carboxylic acids is 1. The number of anilines is 2. The van der Waals surface area contributed by atoms with Crippen molar-refractivity contribution in [3.63, 3.8) is 0 Å². The number of carbonyl (C=O) groups is 1. The number of amides is 1.